The van der Waals surface area contributed by atoms with E-state index in [4.69, 9.17) is 0 Å². The molecule has 25 heavy (non-hydrogen) atoms. The number of fused-ring (bicyclic) bond motifs is 1. The molecule has 1 aliphatic rings. The van der Waals surface area contributed by atoms with Gasteiger partial charge in [0.15, 0.2) is 0 Å². The second-order valence-corrected chi connectivity index (χ2v) is 7.15. The van der Waals surface area contributed by atoms with Gasteiger partial charge in [-0.25, -0.2) is 0 Å². The number of β-amino-alcohol motifs (C(OH)–C–C–N with tert-alkyl or cyclic N) is 1. The fraction of sp³-hybridized carbons (Fsp3) is 0.381. The molecule has 4 nitrogen and oxygen atoms in total. The van der Waals surface area contributed by atoms with Crippen LogP contribution in [-0.4, -0.2) is 45.9 Å². The molecule has 4 heteroatoms. The number of hydrogen-bond donors (Lipinski definition) is 2. The van der Waals surface area contributed by atoms with Crippen LogP contribution < -0.4 is 0 Å². The van der Waals surface area contributed by atoms with Crippen molar-refractivity contribution in [3.05, 3.63) is 66.0 Å². The normalized spacial score (nSPS) is 20.0. The summed E-state index contributed by atoms with van der Waals surface area (Å²) in [7, 11) is 0. The molecule has 1 fully saturated rings. The fourth-order valence-electron chi connectivity index (χ4n) is 3.97. The number of aliphatic hydroxyl groups excluding tert-OH is 1. The van der Waals surface area contributed by atoms with Crippen molar-refractivity contribution in [2.45, 2.75) is 31.3 Å². The van der Waals surface area contributed by atoms with E-state index in [1.807, 2.05) is 6.20 Å². The molecule has 0 aliphatic carbocycles. The van der Waals surface area contributed by atoms with Gasteiger partial charge in [-0.15, -0.1) is 0 Å². The third-order valence-electron chi connectivity index (χ3n) is 5.22. The molecule has 0 bridgehead atoms. The van der Waals surface area contributed by atoms with Gasteiger partial charge in [0, 0.05) is 30.9 Å². The minimum Gasteiger partial charge on any atom is -0.391 e. The number of aromatic nitrogens is 2. The number of aliphatic hydroxyl groups is 1. The Balaban J connectivity index is 1.36. The summed E-state index contributed by atoms with van der Waals surface area (Å²) in [5, 5.41) is 20.2. The molecular formula is C21H25N3O. The molecule has 2 heterocycles. The predicted molar refractivity (Wildman–Crippen MR) is 101 cm³/mol. The average Bonchev–Trinajstić information content (AvgIpc) is 3.16. The van der Waals surface area contributed by atoms with Crippen LogP contribution in [0, 0.1) is 0 Å². The Morgan fingerprint density at radius 3 is 2.88 bits per heavy atom. The molecule has 2 N–H and O–H groups in total. The zero-order chi connectivity index (χ0) is 17.1. The number of rotatable bonds is 5. The van der Waals surface area contributed by atoms with Crippen LogP contribution in [0.4, 0.5) is 0 Å². The molecule has 2 aromatic carbocycles. The van der Waals surface area contributed by atoms with E-state index < -0.39 is 0 Å². The fourth-order valence-corrected chi connectivity index (χ4v) is 3.97. The first-order chi connectivity index (χ1) is 12.3. The van der Waals surface area contributed by atoms with E-state index in [2.05, 4.69) is 63.6 Å². The van der Waals surface area contributed by atoms with Gasteiger partial charge in [0.25, 0.3) is 0 Å². The summed E-state index contributed by atoms with van der Waals surface area (Å²) >= 11 is 0. The van der Waals surface area contributed by atoms with Crippen LogP contribution in [0.2, 0.25) is 0 Å². The summed E-state index contributed by atoms with van der Waals surface area (Å²) in [6, 6.07) is 16.9. The lowest BCUT2D eigenvalue weighted by molar-refractivity contribution is 0.0950. The van der Waals surface area contributed by atoms with Gasteiger partial charge in [-0.3, -0.25) is 5.10 Å². The highest BCUT2D eigenvalue weighted by Crippen LogP contribution is 2.25. The summed E-state index contributed by atoms with van der Waals surface area (Å²) in [5.41, 5.74) is 2.42. The second kappa shape index (κ2) is 7.38. The zero-order valence-corrected chi connectivity index (χ0v) is 14.4. The van der Waals surface area contributed by atoms with Crippen LogP contribution in [0.15, 0.2) is 54.7 Å². The molecule has 1 aromatic heterocycles. The number of aromatic amines is 1. The minimum atomic E-state index is -0.332. The van der Waals surface area contributed by atoms with Crippen molar-refractivity contribution >= 4 is 10.8 Å². The van der Waals surface area contributed by atoms with Crippen molar-refractivity contribution < 1.29 is 5.11 Å². The van der Waals surface area contributed by atoms with Gasteiger partial charge in [0.1, 0.15) is 0 Å². The Hall–Kier alpha value is -2.17. The number of benzene rings is 2. The molecule has 0 amide bonds. The predicted octanol–water partition coefficient (Wildman–Crippen LogP) is 3.35. The number of hydrogen-bond acceptors (Lipinski definition) is 3. The molecular weight excluding hydrogens is 310 g/mol. The standard InChI is InChI=1S/C21H25N3O/c25-20(13-16-7-8-17-4-1-2-5-18(17)12-16)15-24-11-3-6-19(14-24)21-9-10-22-23-21/h1-2,4-5,7-10,12,19-20,25H,3,6,11,13-15H2,(H,22,23). The van der Waals surface area contributed by atoms with Gasteiger partial charge in [-0.05, 0) is 48.2 Å². The summed E-state index contributed by atoms with van der Waals surface area (Å²) in [4.78, 5) is 2.39. The quantitative estimate of drug-likeness (QED) is 0.752. The lowest BCUT2D eigenvalue weighted by Gasteiger charge is -2.33. The summed E-state index contributed by atoms with van der Waals surface area (Å²) in [6.07, 6.45) is 4.56. The van der Waals surface area contributed by atoms with E-state index in [1.54, 1.807) is 0 Å². The van der Waals surface area contributed by atoms with Crippen molar-refractivity contribution in [2.24, 2.45) is 0 Å². The Bertz CT molecular complexity index is 815. The average molecular weight is 335 g/mol. The van der Waals surface area contributed by atoms with Crippen LogP contribution >= 0.6 is 0 Å². The van der Waals surface area contributed by atoms with E-state index in [1.165, 1.54) is 34.9 Å². The molecule has 1 aliphatic heterocycles. The van der Waals surface area contributed by atoms with Gasteiger partial charge in [-0.2, -0.15) is 5.10 Å². The first-order valence-corrected chi connectivity index (χ1v) is 9.15. The maximum absolute atomic E-state index is 10.6. The topological polar surface area (TPSA) is 52.1 Å². The van der Waals surface area contributed by atoms with Gasteiger partial charge in [0.2, 0.25) is 0 Å². The second-order valence-electron chi connectivity index (χ2n) is 7.15. The zero-order valence-electron chi connectivity index (χ0n) is 14.4. The van der Waals surface area contributed by atoms with Crippen LogP contribution in [-0.2, 0) is 6.42 Å². The maximum atomic E-state index is 10.6. The molecule has 130 valence electrons. The van der Waals surface area contributed by atoms with Crippen molar-refractivity contribution in [2.75, 3.05) is 19.6 Å². The molecule has 4 rings (SSSR count). The summed E-state index contributed by atoms with van der Waals surface area (Å²) < 4.78 is 0. The van der Waals surface area contributed by atoms with Gasteiger partial charge >= 0.3 is 0 Å². The Labute approximate surface area is 148 Å². The molecule has 0 saturated carbocycles. The maximum Gasteiger partial charge on any atom is 0.0707 e. The van der Waals surface area contributed by atoms with Gasteiger partial charge in [-0.1, -0.05) is 42.5 Å². The number of piperidine rings is 1. The highest BCUT2D eigenvalue weighted by atomic mass is 16.3. The van der Waals surface area contributed by atoms with E-state index in [9.17, 15) is 5.11 Å². The SMILES string of the molecule is OC(Cc1ccc2ccccc2c1)CN1CCCC(c2ccn[nH]2)C1. The molecule has 0 spiro atoms. The number of nitrogens with one attached hydrogen (secondary N) is 1. The lowest BCUT2D eigenvalue weighted by atomic mass is 9.94. The van der Waals surface area contributed by atoms with Crippen LogP contribution in [0.25, 0.3) is 10.8 Å². The molecule has 0 radical (unpaired) electrons. The molecule has 1 saturated heterocycles. The number of H-pyrrole nitrogens is 1. The molecule has 3 aromatic rings. The highest BCUT2D eigenvalue weighted by molar-refractivity contribution is 5.82. The van der Waals surface area contributed by atoms with Crippen molar-refractivity contribution in [1.82, 2.24) is 15.1 Å². The van der Waals surface area contributed by atoms with Crippen molar-refractivity contribution in [1.29, 1.82) is 0 Å². The third-order valence-corrected chi connectivity index (χ3v) is 5.22. The minimum absolute atomic E-state index is 0.332. The smallest absolute Gasteiger partial charge is 0.0707 e. The van der Waals surface area contributed by atoms with Gasteiger partial charge in [0.05, 0.1) is 6.10 Å². The van der Waals surface area contributed by atoms with E-state index >= 15 is 0 Å². The van der Waals surface area contributed by atoms with E-state index in [0.29, 0.717) is 12.3 Å². The summed E-state index contributed by atoms with van der Waals surface area (Å²) in [5.74, 6) is 0.504. The Morgan fingerprint density at radius 1 is 1.16 bits per heavy atom. The Morgan fingerprint density at radius 2 is 2.04 bits per heavy atom. The number of nitrogens with zero attached hydrogens (tertiary/aromatic N) is 2. The van der Waals surface area contributed by atoms with Crippen LogP contribution in [0.3, 0.4) is 0 Å². The summed E-state index contributed by atoms with van der Waals surface area (Å²) in [6.45, 7) is 2.80. The van der Waals surface area contributed by atoms with E-state index in [0.717, 1.165) is 19.6 Å². The third kappa shape index (κ3) is 3.91. The van der Waals surface area contributed by atoms with E-state index in [-0.39, 0.29) is 6.10 Å². The first kappa shape index (κ1) is 16.3. The number of likely N-dealkylation sites (tertiary alicyclic amines) is 1. The van der Waals surface area contributed by atoms with Crippen molar-refractivity contribution in [3.8, 4) is 0 Å². The molecule has 2 unspecified atom stereocenters. The van der Waals surface area contributed by atoms with Crippen molar-refractivity contribution in [3.63, 3.8) is 0 Å². The largest absolute Gasteiger partial charge is 0.391 e. The first-order valence-electron chi connectivity index (χ1n) is 9.15. The lowest BCUT2D eigenvalue weighted by Crippen LogP contribution is -2.40. The monoisotopic (exact) mass is 335 g/mol. The van der Waals surface area contributed by atoms with Gasteiger partial charge < -0.3 is 10.0 Å². The Kier molecular flexibility index (Phi) is 4.81. The van der Waals surface area contributed by atoms with Crippen LogP contribution in [0.5, 0.6) is 0 Å². The van der Waals surface area contributed by atoms with Crippen LogP contribution in [0.1, 0.15) is 30.0 Å². The molecule has 2 atom stereocenters. The highest BCUT2D eigenvalue weighted by Gasteiger charge is 2.23.